The van der Waals surface area contributed by atoms with Crippen molar-refractivity contribution in [2.75, 3.05) is 38.7 Å². The van der Waals surface area contributed by atoms with Crippen molar-refractivity contribution in [2.24, 2.45) is 0 Å². The highest BCUT2D eigenvalue weighted by molar-refractivity contribution is 5.78. The van der Waals surface area contributed by atoms with Crippen LogP contribution in [0.15, 0.2) is 48.8 Å². The van der Waals surface area contributed by atoms with E-state index in [4.69, 9.17) is 9.47 Å². The van der Waals surface area contributed by atoms with E-state index in [1.807, 2.05) is 12.1 Å². The molecule has 2 aromatic heterocycles. The summed E-state index contributed by atoms with van der Waals surface area (Å²) < 4.78 is 27.6. The third kappa shape index (κ3) is 3.94. The van der Waals surface area contributed by atoms with Gasteiger partial charge in [0.1, 0.15) is 17.6 Å². The van der Waals surface area contributed by atoms with Crippen LogP contribution in [-0.4, -0.2) is 52.7 Å². The number of morpholine rings is 1. The summed E-state index contributed by atoms with van der Waals surface area (Å²) in [6.07, 6.45) is 4.06. The topological polar surface area (TPSA) is 87.7 Å². The Bertz CT molecular complexity index is 1480. The fourth-order valence-corrected chi connectivity index (χ4v) is 4.96. The lowest BCUT2D eigenvalue weighted by molar-refractivity contribution is 0.00506. The van der Waals surface area contributed by atoms with Gasteiger partial charge < -0.3 is 14.8 Å². The number of nitriles is 1. The quantitative estimate of drug-likeness (QED) is 0.459. The number of nitrogens with one attached hydrogen (secondary N) is 1. The lowest BCUT2D eigenvalue weighted by Crippen LogP contribution is -2.36. The second kappa shape index (κ2) is 9.22. The van der Waals surface area contributed by atoms with Gasteiger partial charge in [-0.25, -0.2) is 14.4 Å². The molecule has 2 aromatic carbocycles. The summed E-state index contributed by atoms with van der Waals surface area (Å²) in [5, 5.41) is 12.7. The lowest BCUT2D eigenvalue weighted by atomic mass is 10.0. The minimum atomic E-state index is -0.281. The minimum absolute atomic E-state index is 0.222. The van der Waals surface area contributed by atoms with Gasteiger partial charge in [0.25, 0.3) is 0 Å². The van der Waals surface area contributed by atoms with Crippen molar-refractivity contribution in [3.8, 4) is 22.9 Å². The number of imidazole rings is 1. The number of anilines is 1. The van der Waals surface area contributed by atoms with Crippen molar-refractivity contribution in [3.05, 3.63) is 77.0 Å². The van der Waals surface area contributed by atoms with E-state index in [1.54, 1.807) is 22.9 Å². The predicted octanol–water partition coefficient (Wildman–Crippen LogP) is 3.96. The summed E-state index contributed by atoms with van der Waals surface area (Å²) in [7, 11) is 2.11. The molecule has 4 heterocycles. The first-order chi connectivity index (χ1) is 17.6. The third-order valence-electron chi connectivity index (χ3n) is 6.97. The Morgan fingerprint density at radius 3 is 2.86 bits per heavy atom. The van der Waals surface area contributed by atoms with Crippen LogP contribution in [-0.2, 0) is 17.7 Å². The largest absolute Gasteiger partial charge is 0.493 e. The average Bonchev–Trinajstić information content (AvgIpc) is 3.56. The maximum Gasteiger partial charge on any atom is 0.208 e. The first-order valence-electron chi connectivity index (χ1n) is 12.0. The van der Waals surface area contributed by atoms with Crippen molar-refractivity contribution in [1.29, 1.82) is 5.26 Å². The lowest BCUT2D eigenvalue weighted by Gasteiger charge is -2.32. The van der Waals surface area contributed by atoms with Gasteiger partial charge in [0.05, 0.1) is 32.1 Å². The molecule has 36 heavy (non-hydrogen) atoms. The van der Waals surface area contributed by atoms with Gasteiger partial charge in [0.15, 0.2) is 11.3 Å². The standard InChI is InChI=1S/C27H25FN6O2/c1-33-9-11-35-16-24(33)18-4-2-17(3-5-18)21-13-30-27(34-15-19(12-29)32-26(21)34)31-14-22-20-8-10-36-25(20)7-6-23(22)28/h2-7,13,15,24H,8-11,14,16H2,1H3,(H,30,31). The van der Waals surface area contributed by atoms with E-state index in [0.29, 0.717) is 36.8 Å². The van der Waals surface area contributed by atoms with E-state index in [9.17, 15) is 9.65 Å². The molecule has 0 radical (unpaired) electrons. The smallest absolute Gasteiger partial charge is 0.208 e. The summed E-state index contributed by atoms with van der Waals surface area (Å²) in [6.45, 7) is 3.12. The molecule has 0 saturated carbocycles. The number of rotatable bonds is 5. The third-order valence-corrected chi connectivity index (χ3v) is 6.97. The first kappa shape index (κ1) is 22.5. The summed E-state index contributed by atoms with van der Waals surface area (Å²) in [6, 6.07) is 13.7. The van der Waals surface area contributed by atoms with Gasteiger partial charge in [0.2, 0.25) is 5.95 Å². The number of benzene rings is 2. The summed E-state index contributed by atoms with van der Waals surface area (Å²) in [4.78, 5) is 11.4. The molecule has 1 atom stereocenters. The molecular weight excluding hydrogens is 459 g/mol. The average molecular weight is 485 g/mol. The Balaban J connectivity index is 1.32. The molecule has 182 valence electrons. The van der Waals surface area contributed by atoms with Gasteiger partial charge in [0, 0.05) is 42.4 Å². The maximum atomic E-state index is 14.6. The zero-order valence-corrected chi connectivity index (χ0v) is 19.9. The normalized spacial score (nSPS) is 17.5. The highest BCUT2D eigenvalue weighted by Gasteiger charge is 2.22. The molecule has 0 spiro atoms. The van der Waals surface area contributed by atoms with Crippen molar-refractivity contribution < 1.29 is 13.9 Å². The molecule has 2 aliphatic rings. The number of ether oxygens (including phenoxy) is 2. The van der Waals surface area contributed by atoms with Crippen LogP contribution >= 0.6 is 0 Å². The number of hydrogen-bond donors (Lipinski definition) is 1. The van der Waals surface area contributed by atoms with Crippen molar-refractivity contribution in [2.45, 2.75) is 19.0 Å². The number of likely N-dealkylation sites (N-methyl/N-ethyl adjacent to an activating group) is 1. The molecule has 0 amide bonds. The van der Waals surface area contributed by atoms with Crippen LogP contribution in [0.2, 0.25) is 0 Å². The highest BCUT2D eigenvalue weighted by Crippen LogP contribution is 2.32. The summed E-state index contributed by atoms with van der Waals surface area (Å²) in [5.74, 6) is 0.929. The minimum Gasteiger partial charge on any atom is -0.493 e. The predicted molar refractivity (Wildman–Crippen MR) is 132 cm³/mol. The number of aromatic nitrogens is 3. The molecule has 1 N–H and O–H groups in total. The fourth-order valence-electron chi connectivity index (χ4n) is 4.96. The molecule has 0 aliphatic carbocycles. The highest BCUT2D eigenvalue weighted by atomic mass is 19.1. The second-order valence-electron chi connectivity index (χ2n) is 9.08. The Morgan fingerprint density at radius 2 is 2.06 bits per heavy atom. The van der Waals surface area contributed by atoms with E-state index in [0.717, 1.165) is 35.6 Å². The van der Waals surface area contributed by atoms with E-state index < -0.39 is 0 Å². The van der Waals surface area contributed by atoms with E-state index in [2.05, 4.69) is 45.4 Å². The van der Waals surface area contributed by atoms with Crippen molar-refractivity contribution in [1.82, 2.24) is 19.3 Å². The van der Waals surface area contributed by atoms with E-state index in [-0.39, 0.29) is 24.1 Å². The van der Waals surface area contributed by atoms with Crippen LogP contribution in [0.5, 0.6) is 5.75 Å². The molecular formula is C27H25FN6O2. The summed E-state index contributed by atoms with van der Waals surface area (Å²) in [5.41, 5.74) is 5.28. The fraction of sp³-hybridized carbons (Fsp3) is 0.296. The van der Waals surface area contributed by atoms with E-state index in [1.165, 1.54) is 11.6 Å². The zero-order valence-electron chi connectivity index (χ0n) is 19.9. The molecule has 4 aromatic rings. The Hall–Kier alpha value is -4.00. The van der Waals surface area contributed by atoms with Crippen molar-refractivity contribution >= 4 is 11.6 Å². The van der Waals surface area contributed by atoms with Gasteiger partial charge in [-0.15, -0.1) is 0 Å². The Kier molecular flexibility index (Phi) is 5.76. The Morgan fingerprint density at radius 1 is 1.19 bits per heavy atom. The van der Waals surface area contributed by atoms with Crippen LogP contribution in [0.4, 0.5) is 10.3 Å². The first-order valence-corrected chi connectivity index (χ1v) is 12.0. The molecule has 1 saturated heterocycles. The van der Waals surface area contributed by atoms with Crippen LogP contribution in [0.1, 0.15) is 28.4 Å². The number of fused-ring (bicyclic) bond motifs is 2. The number of nitrogens with zero attached hydrogens (tertiary/aromatic N) is 5. The molecule has 2 aliphatic heterocycles. The molecule has 1 fully saturated rings. The van der Waals surface area contributed by atoms with Crippen LogP contribution in [0, 0.1) is 17.1 Å². The monoisotopic (exact) mass is 484 g/mol. The van der Waals surface area contributed by atoms with Crippen molar-refractivity contribution in [3.63, 3.8) is 0 Å². The zero-order chi connectivity index (χ0) is 24.6. The molecule has 0 bridgehead atoms. The SMILES string of the molecule is CN1CCOCC1c1ccc(-c2cnc(NCc3c(F)ccc4c3CCO4)n3cc(C#N)nc23)cc1. The second-order valence-corrected chi connectivity index (χ2v) is 9.08. The van der Waals surface area contributed by atoms with Gasteiger partial charge in [-0.2, -0.15) is 5.26 Å². The number of hydrogen-bond acceptors (Lipinski definition) is 7. The van der Waals surface area contributed by atoms with Crippen LogP contribution in [0.25, 0.3) is 16.8 Å². The van der Waals surface area contributed by atoms with Gasteiger partial charge in [-0.3, -0.25) is 9.30 Å². The van der Waals surface area contributed by atoms with E-state index >= 15 is 0 Å². The van der Waals surface area contributed by atoms with Gasteiger partial charge in [-0.05, 0) is 30.3 Å². The molecule has 9 heteroatoms. The maximum absolute atomic E-state index is 14.6. The Labute approximate surface area is 207 Å². The molecule has 6 rings (SSSR count). The van der Waals surface area contributed by atoms with Gasteiger partial charge in [-0.1, -0.05) is 24.3 Å². The van der Waals surface area contributed by atoms with Crippen LogP contribution < -0.4 is 10.1 Å². The van der Waals surface area contributed by atoms with Gasteiger partial charge >= 0.3 is 0 Å². The molecule has 8 nitrogen and oxygen atoms in total. The number of halogens is 1. The molecule has 1 unspecified atom stereocenters. The van der Waals surface area contributed by atoms with Crippen LogP contribution in [0.3, 0.4) is 0 Å². The summed E-state index contributed by atoms with van der Waals surface area (Å²) >= 11 is 0.